The molecule has 0 saturated carbocycles. The zero-order chi connectivity index (χ0) is 20.8. The van der Waals surface area contributed by atoms with Gasteiger partial charge in [-0.3, -0.25) is 9.48 Å². The lowest BCUT2D eigenvalue weighted by atomic mass is 10.1. The summed E-state index contributed by atoms with van der Waals surface area (Å²) in [4.78, 5) is 13.0. The molecular weight excluding hydrogens is 392 g/mol. The van der Waals surface area contributed by atoms with Crippen LogP contribution in [0.4, 0.5) is 5.69 Å². The van der Waals surface area contributed by atoms with Crippen LogP contribution in [0.3, 0.4) is 0 Å². The fourth-order valence-corrected chi connectivity index (χ4v) is 3.00. The maximum atomic E-state index is 13.0. The van der Waals surface area contributed by atoms with Gasteiger partial charge in [0.2, 0.25) is 0 Å². The summed E-state index contributed by atoms with van der Waals surface area (Å²) >= 11 is 6.16. The third-order valence-corrected chi connectivity index (χ3v) is 4.57. The minimum Gasteiger partial charge on any atom is -0.493 e. The Morgan fingerprint density at radius 3 is 2.66 bits per heavy atom. The molecule has 0 radical (unpaired) electrons. The van der Waals surface area contributed by atoms with E-state index in [9.17, 15) is 4.79 Å². The van der Waals surface area contributed by atoms with Crippen LogP contribution in [0.1, 0.15) is 16.8 Å². The minimum absolute atomic E-state index is 0.276. The Bertz CT molecular complexity index is 1070. The summed E-state index contributed by atoms with van der Waals surface area (Å²) in [5, 5.41) is 16.6. The topological polar surface area (TPSA) is 89.2 Å². The number of para-hydroxylation sites is 1. The van der Waals surface area contributed by atoms with Gasteiger partial charge in [0.15, 0.2) is 11.5 Å². The van der Waals surface area contributed by atoms with Gasteiger partial charge in [-0.15, -0.1) is 0 Å². The summed E-state index contributed by atoms with van der Waals surface area (Å²) in [6.07, 6.45) is 1.90. The van der Waals surface area contributed by atoms with Crippen molar-refractivity contribution in [1.82, 2.24) is 9.78 Å². The third kappa shape index (κ3) is 4.50. The summed E-state index contributed by atoms with van der Waals surface area (Å²) in [5.74, 6) is 0.738. The molecule has 3 rings (SSSR count). The molecule has 1 heterocycles. The predicted octanol–water partition coefficient (Wildman–Crippen LogP) is 4.39. The summed E-state index contributed by atoms with van der Waals surface area (Å²) in [7, 11) is 3.09. The van der Waals surface area contributed by atoms with E-state index in [1.807, 2.05) is 0 Å². The Morgan fingerprint density at radius 2 is 1.97 bits per heavy atom. The van der Waals surface area contributed by atoms with Gasteiger partial charge in [0.1, 0.15) is 5.69 Å². The number of nitrogens with zero attached hydrogens (tertiary/aromatic N) is 3. The molecule has 0 saturated heterocycles. The zero-order valence-corrected chi connectivity index (χ0v) is 16.7. The molecule has 1 aromatic heterocycles. The van der Waals surface area contributed by atoms with Gasteiger partial charge in [0.25, 0.3) is 5.91 Å². The molecule has 0 aliphatic heterocycles. The number of aryl methyl sites for hydroxylation is 1. The third-order valence-electron chi connectivity index (χ3n) is 4.24. The van der Waals surface area contributed by atoms with E-state index >= 15 is 0 Å². The second kappa shape index (κ2) is 9.13. The summed E-state index contributed by atoms with van der Waals surface area (Å²) < 4.78 is 12.2. The van der Waals surface area contributed by atoms with E-state index in [2.05, 4.69) is 16.5 Å². The first kappa shape index (κ1) is 20.2. The van der Waals surface area contributed by atoms with Gasteiger partial charge in [-0.2, -0.15) is 10.4 Å². The van der Waals surface area contributed by atoms with Gasteiger partial charge < -0.3 is 14.8 Å². The Labute approximate surface area is 173 Å². The first-order valence-corrected chi connectivity index (χ1v) is 9.18. The number of halogens is 1. The number of nitriles is 1. The van der Waals surface area contributed by atoms with Crippen molar-refractivity contribution in [3.8, 4) is 28.8 Å². The molecule has 1 N–H and O–H groups in total. The quantitative estimate of drug-likeness (QED) is 0.624. The van der Waals surface area contributed by atoms with Crippen LogP contribution < -0.4 is 14.8 Å². The highest BCUT2D eigenvalue weighted by Crippen LogP contribution is 2.33. The van der Waals surface area contributed by atoms with Crippen LogP contribution >= 0.6 is 11.6 Å². The van der Waals surface area contributed by atoms with Crippen molar-refractivity contribution in [2.45, 2.75) is 13.0 Å². The Kier molecular flexibility index (Phi) is 6.37. The predicted molar refractivity (Wildman–Crippen MR) is 110 cm³/mol. The second-order valence-electron chi connectivity index (χ2n) is 6.07. The van der Waals surface area contributed by atoms with Gasteiger partial charge in [0, 0.05) is 11.8 Å². The number of carbonyl (C=O) groups is 1. The number of anilines is 1. The smallest absolute Gasteiger partial charge is 0.259 e. The number of rotatable bonds is 7. The van der Waals surface area contributed by atoms with Crippen molar-refractivity contribution in [3.63, 3.8) is 0 Å². The van der Waals surface area contributed by atoms with Crippen LogP contribution in [0.2, 0.25) is 5.02 Å². The molecule has 8 heteroatoms. The first-order valence-electron chi connectivity index (χ1n) is 8.80. The van der Waals surface area contributed by atoms with Crippen molar-refractivity contribution in [1.29, 1.82) is 5.26 Å². The average molecular weight is 411 g/mol. The monoisotopic (exact) mass is 410 g/mol. The van der Waals surface area contributed by atoms with Gasteiger partial charge in [-0.1, -0.05) is 23.7 Å². The fourth-order valence-electron chi connectivity index (χ4n) is 2.82. The van der Waals surface area contributed by atoms with Crippen molar-refractivity contribution < 1.29 is 14.3 Å². The normalized spacial score (nSPS) is 10.3. The molecule has 0 spiro atoms. The standard InChI is InChI=1S/C21H19ClN4O3/c1-28-18-9-8-14(12-19(18)29-2)20-15(13-26(25-20)11-5-10-23)21(27)24-17-7-4-3-6-16(17)22/h3-4,6-9,12-13H,5,11H2,1-2H3,(H,24,27). The van der Waals surface area contributed by atoms with E-state index < -0.39 is 0 Å². The maximum absolute atomic E-state index is 13.0. The molecule has 0 unspecified atom stereocenters. The van der Waals surface area contributed by atoms with Gasteiger partial charge in [0.05, 0.1) is 49.5 Å². The largest absolute Gasteiger partial charge is 0.493 e. The molecule has 29 heavy (non-hydrogen) atoms. The summed E-state index contributed by atoms with van der Waals surface area (Å²) in [6.45, 7) is 0.371. The molecule has 1 amide bonds. The SMILES string of the molecule is COc1ccc(-c2nn(CCC#N)cc2C(=O)Nc2ccccc2Cl)cc1OC. The van der Waals surface area contributed by atoms with Gasteiger partial charge in [-0.05, 0) is 30.3 Å². The number of benzene rings is 2. The Hall–Kier alpha value is -3.50. The van der Waals surface area contributed by atoms with E-state index in [0.717, 1.165) is 0 Å². The lowest BCUT2D eigenvalue weighted by Crippen LogP contribution is -2.12. The Balaban J connectivity index is 2.02. The molecule has 3 aromatic rings. The molecule has 0 atom stereocenters. The number of nitrogens with one attached hydrogen (secondary N) is 1. The molecule has 0 aliphatic rings. The summed E-state index contributed by atoms with van der Waals surface area (Å²) in [6, 6.07) is 14.4. The van der Waals surface area contributed by atoms with Crippen molar-refractivity contribution in [2.24, 2.45) is 0 Å². The zero-order valence-electron chi connectivity index (χ0n) is 16.0. The highest BCUT2D eigenvalue weighted by molar-refractivity contribution is 6.34. The maximum Gasteiger partial charge on any atom is 0.259 e. The summed E-state index contributed by atoms with van der Waals surface area (Å²) in [5.41, 5.74) is 2.01. The first-order chi connectivity index (χ1) is 14.1. The highest BCUT2D eigenvalue weighted by Gasteiger charge is 2.20. The lowest BCUT2D eigenvalue weighted by Gasteiger charge is -2.10. The average Bonchev–Trinajstić information content (AvgIpc) is 3.17. The molecule has 0 fully saturated rings. The van der Waals surface area contributed by atoms with Gasteiger partial charge in [-0.25, -0.2) is 0 Å². The van der Waals surface area contributed by atoms with Crippen LogP contribution in [-0.4, -0.2) is 29.9 Å². The number of ether oxygens (including phenoxy) is 2. The van der Waals surface area contributed by atoms with Crippen LogP contribution in [0.15, 0.2) is 48.7 Å². The van der Waals surface area contributed by atoms with Crippen LogP contribution in [0.5, 0.6) is 11.5 Å². The van der Waals surface area contributed by atoms with Crippen molar-refractivity contribution in [3.05, 3.63) is 59.2 Å². The number of methoxy groups -OCH3 is 2. The highest BCUT2D eigenvalue weighted by atomic mass is 35.5. The van der Waals surface area contributed by atoms with E-state index in [0.29, 0.717) is 45.6 Å². The van der Waals surface area contributed by atoms with Crippen molar-refractivity contribution >= 4 is 23.2 Å². The number of amides is 1. The van der Waals surface area contributed by atoms with E-state index in [4.69, 9.17) is 26.3 Å². The molecule has 148 valence electrons. The lowest BCUT2D eigenvalue weighted by molar-refractivity contribution is 0.102. The van der Waals surface area contributed by atoms with E-state index in [-0.39, 0.29) is 12.3 Å². The molecule has 7 nitrogen and oxygen atoms in total. The van der Waals surface area contributed by atoms with Crippen molar-refractivity contribution in [2.75, 3.05) is 19.5 Å². The fraction of sp³-hybridized carbons (Fsp3) is 0.190. The minimum atomic E-state index is -0.355. The number of aromatic nitrogens is 2. The van der Waals surface area contributed by atoms with Crippen LogP contribution in [0.25, 0.3) is 11.3 Å². The Morgan fingerprint density at radius 1 is 1.21 bits per heavy atom. The molecular formula is C21H19ClN4O3. The second-order valence-corrected chi connectivity index (χ2v) is 6.47. The molecule has 0 aliphatic carbocycles. The number of carbonyl (C=O) groups excluding carboxylic acids is 1. The number of hydrogen-bond donors (Lipinski definition) is 1. The molecule has 2 aromatic carbocycles. The van der Waals surface area contributed by atoms with E-state index in [1.165, 1.54) is 7.11 Å². The van der Waals surface area contributed by atoms with Crippen LogP contribution in [-0.2, 0) is 6.54 Å². The van der Waals surface area contributed by atoms with Crippen LogP contribution in [0, 0.1) is 11.3 Å². The molecule has 0 bridgehead atoms. The van der Waals surface area contributed by atoms with Gasteiger partial charge >= 0.3 is 0 Å². The number of hydrogen-bond acceptors (Lipinski definition) is 5. The van der Waals surface area contributed by atoms with E-state index in [1.54, 1.807) is 60.5 Å².